The molecule has 0 saturated carbocycles. The Labute approximate surface area is 197 Å². The molecule has 0 radical (unpaired) electrons. The van der Waals surface area contributed by atoms with Gasteiger partial charge >= 0.3 is 0 Å². The van der Waals surface area contributed by atoms with Crippen LogP contribution in [-0.2, 0) is 16.0 Å². The van der Waals surface area contributed by atoms with Crippen molar-refractivity contribution in [3.8, 4) is 5.75 Å². The van der Waals surface area contributed by atoms with E-state index < -0.39 is 17.9 Å². The van der Waals surface area contributed by atoms with E-state index in [9.17, 15) is 14.4 Å². The van der Waals surface area contributed by atoms with Gasteiger partial charge in [-0.15, -0.1) is 0 Å². The molecule has 3 rings (SSSR count). The highest BCUT2D eigenvalue weighted by molar-refractivity contribution is 6.31. The van der Waals surface area contributed by atoms with Gasteiger partial charge in [-0.2, -0.15) is 0 Å². The number of carbonyl (C=O) groups excluding carboxylic acids is 3. The summed E-state index contributed by atoms with van der Waals surface area (Å²) < 4.78 is 5.42. The summed E-state index contributed by atoms with van der Waals surface area (Å²) >= 11 is 5.98. The molecule has 7 nitrogen and oxygen atoms in total. The average Bonchev–Trinajstić information content (AvgIpc) is 2.84. The second-order valence-corrected chi connectivity index (χ2v) is 7.73. The van der Waals surface area contributed by atoms with Crippen LogP contribution in [0.1, 0.15) is 21.5 Å². The Balaban J connectivity index is 1.58. The van der Waals surface area contributed by atoms with Crippen molar-refractivity contribution in [2.75, 3.05) is 6.61 Å². The first-order valence-corrected chi connectivity index (χ1v) is 10.7. The van der Waals surface area contributed by atoms with Crippen molar-refractivity contribution in [3.63, 3.8) is 0 Å². The Bertz CT molecular complexity index is 1110. The summed E-state index contributed by atoms with van der Waals surface area (Å²) in [5.74, 6) is -1.02. The Morgan fingerprint density at radius 1 is 0.909 bits per heavy atom. The highest BCUT2D eigenvalue weighted by atomic mass is 35.5. The van der Waals surface area contributed by atoms with Gasteiger partial charge in [-0.05, 0) is 48.4 Å². The Hall–Kier alpha value is -3.84. The first-order chi connectivity index (χ1) is 15.9. The van der Waals surface area contributed by atoms with Gasteiger partial charge in [-0.3, -0.25) is 25.2 Å². The molecule has 3 aromatic carbocycles. The minimum absolute atomic E-state index is 0.252. The number of benzene rings is 3. The molecule has 3 N–H and O–H groups in total. The van der Waals surface area contributed by atoms with Crippen LogP contribution in [0.5, 0.6) is 5.75 Å². The summed E-state index contributed by atoms with van der Waals surface area (Å²) in [7, 11) is 0. The summed E-state index contributed by atoms with van der Waals surface area (Å²) in [6.07, 6.45) is 0.252. The standard InChI is InChI=1S/C25H24ClN3O4/c1-17-14-20(12-13-21(17)26)33-16-23(30)28-29-25(32)22(15-18-8-4-2-5-9-18)27-24(31)19-10-6-3-7-11-19/h2-14,22H,15-16H2,1H3,(H,27,31)(H,28,30)(H,29,32). The first-order valence-electron chi connectivity index (χ1n) is 10.3. The van der Waals surface area contributed by atoms with E-state index in [2.05, 4.69) is 16.2 Å². The molecule has 0 aromatic heterocycles. The molecule has 3 aromatic rings. The molecule has 0 aliphatic heterocycles. The number of rotatable bonds is 8. The second-order valence-electron chi connectivity index (χ2n) is 7.32. The molecule has 1 atom stereocenters. The van der Waals surface area contributed by atoms with Crippen molar-refractivity contribution in [2.45, 2.75) is 19.4 Å². The predicted molar refractivity (Wildman–Crippen MR) is 126 cm³/mol. The van der Waals surface area contributed by atoms with E-state index in [1.807, 2.05) is 37.3 Å². The van der Waals surface area contributed by atoms with Gasteiger partial charge in [-0.1, -0.05) is 60.1 Å². The number of hydrogen-bond acceptors (Lipinski definition) is 4. The second kappa shape index (κ2) is 11.7. The minimum atomic E-state index is -0.903. The predicted octanol–water partition coefficient (Wildman–Crippen LogP) is 3.22. The van der Waals surface area contributed by atoms with Gasteiger partial charge in [0.25, 0.3) is 17.7 Å². The quantitative estimate of drug-likeness (QED) is 0.445. The monoisotopic (exact) mass is 465 g/mol. The highest BCUT2D eigenvalue weighted by Gasteiger charge is 2.22. The zero-order chi connectivity index (χ0) is 23.6. The van der Waals surface area contributed by atoms with E-state index in [0.29, 0.717) is 16.3 Å². The third-order valence-corrected chi connectivity index (χ3v) is 5.19. The fourth-order valence-corrected chi connectivity index (χ4v) is 3.12. The van der Waals surface area contributed by atoms with Crippen LogP contribution < -0.4 is 20.9 Å². The summed E-state index contributed by atoms with van der Waals surface area (Å²) in [6, 6.07) is 22.0. The number of halogens is 1. The minimum Gasteiger partial charge on any atom is -0.484 e. The fourth-order valence-electron chi connectivity index (χ4n) is 3.00. The summed E-state index contributed by atoms with van der Waals surface area (Å²) in [5, 5.41) is 3.33. The van der Waals surface area contributed by atoms with Crippen LogP contribution in [0.3, 0.4) is 0 Å². The maximum atomic E-state index is 12.8. The molecule has 0 heterocycles. The maximum Gasteiger partial charge on any atom is 0.276 e. The van der Waals surface area contributed by atoms with Crippen LogP contribution >= 0.6 is 11.6 Å². The lowest BCUT2D eigenvalue weighted by Crippen LogP contribution is -2.53. The summed E-state index contributed by atoms with van der Waals surface area (Å²) in [5.41, 5.74) is 6.79. The fraction of sp³-hybridized carbons (Fsp3) is 0.160. The van der Waals surface area contributed by atoms with E-state index in [1.54, 1.807) is 48.5 Å². The summed E-state index contributed by atoms with van der Waals surface area (Å²) in [6.45, 7) is 1.52. The molecular formula is C25H24ClN3O4. The van der Waals surface area contributed by atoms with Gasteiger partial charge in [0.15, 0.2) is 6.61 Å². The van der Waals surface area contributed by atoms with Crippen molar-refractivity contribution in [2.24, 2.45) is 0 Å². The number of ether oxygens (including phenoxy) is 1. The van der Waals surface area contributed by atoms with E-state index in [4.69, 9.17) is 16.3 Å². The van der Waals surface area contributed by atoms with E-state index in [-0.39, 0.29) is 18.9 Å². The zero-order valence-corrected chi connectivity index (χ0v) is 18.8. The normalized spacial score (nSPS) is 11.2. The van der Waals surface area contributed by atoms with Crippen LogP contribution in [0.25, 0.3) is 0 Å². The van der Waals surface area contributed by atoms with Crippen LogP contribution in [0.2, 0.25) is 5.02 Å². The molecule has 0 aliphatic carbocycles. The van der Waals surface area contributed by atoms with Crippen molar-refractivity contribution in [1.82, 2.24) is 16.2 Å². The lowest BCUT2D eigenvalue weighted by molar-refractivity contribution is -0.130. The first kappa shape index (κ1) is 23.8. The van der Waals surface area contributed by atoms with Crippen molar-refractivity contribution in [1.29, 1.82) is 0 Å². The molecule has 170 valence electrons. The van der Waals surface area contributed by atoms with Crippen LogP contribution in [0, 0.1) is 6.92 Å². The van der Waals surface area contributed by atoms with Gasteiger partial charge in [-0.25, -0.2) is 0 Å². The third-order valence-electron chi connectivity index (χ3n) is 4.76. The van der Waals surface area contributed by atoms with Gasteiger partial charge in [0.2, 0.25) is 0 Å². The Morgan fingerprint density at radius 3 is 2.24 bits per heavy atom. The number of carbonyl (C=O) groups is 3. The lowest BCUT2D eigenvalue weighted by Gasteiger charge is -2.19. The summed E-state index contributed by atoms with van der Waals surface area (Å²) in [4.78, 5) is 37.5. The van der Waals surface area contributed by atoms with E-state index in [0.717, 1.165) is 11.1 Å². The molecule has 0 saturated heterocycles. The van der Waals surface area contributed by atoms with Crippen LogP contribution in [0.4, 0.5) is 0 Å². The number of amides is 3. The zero-order valence-electron chi connectivity index (χ0n) is 18.0. The number of nitrogens with one attached hydrogen (secondary N) is 3. The molecular weight excluding hydrogens is 442 g/mol. The van der Waals surface area contributed by atoms with Crippen molar-refractivity contribution >= 4 is 29.3 Å². The van der Waals surface area contributed by atoms with E-state index >= 15 is 0 Å². The number of hydrogen-bond donors (Lipinski definition) is 3. The largest absolute Gasteiger partial charge is 0.484 e. The topological polar surface area (TPSA) is 96.5 Å². The van der Waals surface area contributed by atoms with E-state index in [1.165, 1.54) is 0 Å². The van der Waals surface area contributed by atoms with Gasteiger partial charge in [0.1, 0.15) is 11.8 Å². The number of hydrazine groups is 1. The average molecular weight is 466 g/mol. The molecule has 0 aliphatic rings. The molecule has 33 heavy (non-hydrogen) atoms. The van der Waals surface area contributed by atoms with Crippen LogP contribution in [-0.4, -0.2) is 30.4 Å². The third kappa shape index (κ3) is 7.36. The van der Waals surface area contributed by atoms with Gasteiger partial charge in [0.05, 0.1) is 0 Å². The Morgan fingerprint density at radius 2 is 1.58 bits per heavy atom. The molecule has 3 amide bonds. The lowest BCUT2D eigenvalue weighted by atomic mass is 10.0. The van der Waals surface area contributed by atoms with Crippen molar-refractivity contribution < 1.29 is 19.1 Å². The smallest absolute Gasteiger partial charge is 0.276 e. The molecule has 8 heteroatoms. The SMILES string of the molecule is Cc1cc(OCC(=O)NNC(=O)C(Cc2ccccc2)NC(=O)c2ccccc2)ccc1Cl. The van der Waals surface area contributed by atoms with Crippen molar-refractivity contribution in [3.05, 3.63) is 101 Å². The molecule has 0 spiro atoms. The maximum absolute atomic E-state index is 12.8. The van der Waals surface area contributed by atoms with Gasteiger partial charge < -0.3 is 10.1 Å². The number of aryl methyl sites for hydroxylation is 1. The van der Waals surface area contributed by atoms with Crippen LogP contribution in [0.15, 0.2) is 78.9 Å². The molecule has 1 unspecified atom stereocenters. The van der Waals surface area contributed by atoms with Gasteiger partial charge in [0, 0.05) is 17.0 Å². The molecule has 0 bridgehead atoms. The Kier molecular flexibility index (Phi) is 8.43. The highest BCUT2D eigenvalue weighted by Crippen LogP contribution is 2.20. The molecule has 0 fully saturated rings.